The van der Waals surface area contributed by atoms with E-state index in [4.69, 9.17) is 0 Å². The Morgan fingerprint density at radius 2 is 1.80 bits per heavy atom. The number of carbonyl (C=O) groups is 1. The third-order valence-electron chi connectivity index (χ3n) is 6.78. The Bertz CT molecular complexity index is 357. The minimum absolute atomic E-state index is 0.397. The maximum Gasteiger partial charge on any atom is 0.136 e. The Balaban J connectivity index is 2.00. The standard InChI is InChI=1S/C18H34OSi/c1-14(10-11-15(2)20(3,4)5)18-12-6-8-16(18)17(19)9-7-13-18/h14-16H,6-13H2,1-5H3/t14?,15-,16+,18-/m1/s1. The predicted octanol–water partition coefficient (Wildman–Crippen LogP) is 5.67. The van der Waals surface area contributed by atoms with Gasteiger partial charge in [0.1, 0.15) is 5.78 Å². The molecule has 0 heterocycles. The van der Waals surface area contributed by atoms with Crippen molar-refractivity contribution in [2.75, 3.05) is 0 Å². The molecule has 4 atom stereocenters. The Morgan fingerprint density at radius 3 is 2.45 bits per heavy atom. The molecule has 2 aliphatic rings. The molecule has 0 aromatic rings. The lowest BCUT2D eigenvalue weighted by molar-refractivity contribution is -0.131. The van der Waals surface area contributed by atoms with Gasteiger partial charge in [0.25, 0.3) is 0 Å². The molecule has 0 spiro atoms. The summed E-state index contributed by atoms with van der Waals surface area (Å²) in [7, 11) is -0.993. The second kappa shape index (κ2) is 5.94. The van der Waals surface area contributed by atoms with Gasteiger partial charge in [0, 0.05) is 20.4 Å². The van der Waals surface area contributed by atoms with Gasteiger partial charge < -0.3 is 0 Å². The van der Waals surface area contributed by atoms with Crippen molar-refractivity contribution >= 4 is 13.9 Å². The molecule has 1 nitrogen and oxygen atoms in total. The summed E-state index contributed by atoms with van der Waals surface area (Å²) in [5, 5.41) is 0. The summed E-state index contributed by atoms with van der Waals surface area (Å²) in [6.07, 6.45) is 9.87. The second-order valence-electron chi connectivity index (χ2n) is 8.74. The molecule has 116 valence electrons. The molecule has 1 unspecified atom stereocenters. The van der Waals surface area contributed by atoms with Crippen LogP contribution in [-0.4, -0.2) is 13.9 Å². The maximum absolute atomic E-state index is 12.3. The summed E-state index contributed by atoms with van der Waals surface area (Å²) >= 11 is 0. The van der Waals surface area contributed by atoms with Crippen LogP contribution in [0.25, 0.3) is 0 Å². The van der Waals surface area contributed by atoms with Crippen molar-refractivity contribution < 1.29 is 4.79 Å². The molecule has 20 heavy (non-hydrogen) atoms. The molecule has 0 aliphatic heterocycles. The van der Waals surface area contributed by atoms with E-state index in [2.05, 4.69) is 33.5 Å². The van der Waals surface area contributed by atoms with Crippen LogP contribution < -0.4 is 0 Å². The number of ketones is 1. The zero-order valence-electron chi connectivity index (χ0n) is 14.3. The van der Waals surface area contributed by atoms with E-state index in [1.165, 1.54) is 38.5 Å². The smallest absolute Gasteiger partial charge is 0.136 e. The summed E-state index contributed by atoms with van der Waals surface area (Å²) < 4.78 is 0. The highest BCUT2D eigenvalue weighted by Crippen LogP contribution is 2.56. The minimum atomic E-state index is -0.993. The minimum Gasteiger partial charge on any atom is -0.299 e. The maximum atomic E-state index is 12.3. The largest absolute Gasteiger partial charge is 0.299 e. The molecule has 2 fully saturated rings. The van der Waals surface area contributed by atoms with Gasteiger partial charge in [0.2, 0.25) is 0 Å². The van der Waals surface area contributed by atoms with Gasteiger partial charge in [-0.15, -0.1) is 0 Å². The number of rotatable bonds is 5. The average molecular weight is 295 g/mol. The fourth-order valence-corrected chi connectivity index (χ4v) is 5.73. The first-order chi connectivity index (χ1) is 9.27. The number of Topliss-reactive ketones (excluding diaryl/α,β-unsaturated/α-hetero) is 1. The molecule has 0 aromatic carbocycles. The van der Waals surface area contributed by atoms with E-state index in [1.54, 1.807) is 0 Å². The average Bonchev–Trinajstić information content (AvgIpc) is 2.80. The first kappa shape index (κ1) is 16.3. The fraction of sp³-hybridized carbons (Fsp3) is 0.944. The van der Waals surface area contributed by atoms with Gasteiger partial charge in [-0.2, -0.15) is 0 Å². The molecule has 0 saturated heterocycles. The van der Waals surface area contributed by atoms with Crippen LogP contribution in [0.15, 0.2) is 0 Å². The van der Waals surface area contributed by atoms with Crippen molar-refractivity contribution in [1.29, 1.82) is 0 Å². The molecule has 0 radical (unpaired) electrons. The molecule has 2 heteroatoms. The van der Waals surface area contributed by atoms with Gasteiger partial charge in [-0.3, -0.25) is 4.79 Å². The van der Waals surface area contributed by atoms with Gasteiger partial charge in [0.15, 0.2) is 0 Å². The van der Waals surface area contributed by atoms with Crippen molar-refractivity contribution in [3.8, 4) is 0 Å². The third-order valence-corrected chi connectivity index (χ3v) is 10.0. The normalized spacial score (nSPS) is 33.9. The van der Waals surface area contributed by atoms with Crippen LogP contribution in [0.4, 0.5) is 0 Å². The van der Waals surface area contributed by atoms with Gasteiger partial charge in [0.05, 0.1) is 0 Å². The van der Waals surface area contributed by atoms with E-state index in [1.807, 2.05) is 0 Å². The van der Waals surface area contributed by atoms with Crippen molar-refractivity contribution in [3.63, 3.8) is 0 Å². The third kappa shape index (κ3) is 3.05. The summed E-state index contributed by atoms with van der Waals surface area (Å²) in [6, 6.07) is 0. The monoisotopic (exact) mass is 294 g/mol. The van der Waals surface area contributed by atoms with Crippen LogP contribution in [-0.2, 0) is 4.79 Å². The number of carbonyl (C=O) groups excluding carboxylic acids is 1. The number of hydrogen-bond donors (Lipinski definition) is 0. The van der Waals surface area contributed by atoms with Crippen LogP contribution >= 0.6 is 0 Å². The zero-order chi connectivity index (χ0) is 15.0. The fourth-order valence-electron chi connectivity index (χ4n) is 4.70. The van der Waals surface area contributed by atoms with Gasteiger partial charge in [-0.1, -0.05) is 52.8 Å². The van der Waals surface area contributed by atoms with E-state index < -0.39 is 8.07 Å². The Hall–Kier alpha value is -0.113. The highest BCUT2D eigenvalue weighted by molar-refractivity contribution is 6.77. The van der Waals surface area contributed by atoms with Gasteiger partial charge >= 0.3 is 0 Å². The molecule has 0 N–H and O–H groups in total. The van der Waals surface area contributed by atoms with Crippen molar-refractivity contribution in [1.82, 2.24) is 0 Å². The van der Waals surface area contributed by atoms with Gasteiger partial charge in [-0.25, -0.2) is 0 Å². The predicted molar refractivity (Wildman–Crippen MR) is 89.8 cm³/mol. The molecule has 2 aliphatic carbocycles. The first-order valence-corrected chi connectivity index (χ1v) is 12.4. The van der Waals surface area contributed by atoms with E-state index >= 15 is 0 Å². The summed E-state index contributed by atoms with van der Waals surface area (Å²) in [4.78, 5) is 12.3. The molecule has 0 bridgehead atoms. The zero-order valence-corrected chi connectivity index (χ0v) is 15.3. The molecule has 2 saturated carbocycles. The van der Waals surface area contributed by atoms with E-state index in [0.29, 0.717) is 17.1 Å². The summed E-state index contributed by atoms with van der Waals surface area (Å²) in [5.41, 5.74) is 1.30. The SMILES string of the molecule is CC(CC[C@@H](C)[Si](C)(C)C)[C@@]12CCCC(=O)[C@@H]1CCC2. The quantitative estimate of drug-likeness (QED) is 0.597. The van der Waals surface area contributed by atoms with Crippen LogP contribution in [0.2, 0.25) is 25.2 Å². The second-order valence-corrected chi connectivity index (χ2v) is 14.5. The van der Waals surface area contributed by atoms with E-state index in [0.717, 1.165) is 24.3 Å². The van der Waals surface area contributed by atoms with Crippen LogP contribution in [0.5, 0.6) is 0 Å². The lowest BCUT2D eigenvalue weighted by Gasteiger charge is -2.44. The van der Waals surface area contributed by atoms with Crippen LogP contribution in [0.1, 0.15) is 65.2 Å². The summed E-state index contributed by atoms with van der Waals surface area (Å²) in [5.74, 6) is 1.77. The summed E-state index contributed by atoms with van der Waals surface area (Å²) in [6.45, 7) is 12.4. The molecule has 2 rings (SSSR count). The number of hydrogen-bond acceptors (Lipinski definition) is 1. The molecule has 0 aromatic heterocycles. The lowest BCUT2D eigenvalue weighted by atomic mass is 9.60. The highest BCUT2D eigenvalue weighted by atomic mass is 28.3. The Labute approximate surface area is 126 Å². The van der Waals surface area contributed by atoms with Crippen molar-refractivity contribution in [3.05, 3.63) is 0 Å². The van der Waals surface area contributed by atoms with E-state index in [-0.39, 0.29) is 0 Å². The molecule has 0 amide bonds. The van der Waals surface area contributed by atoms with Gasteiger partial charge in [-0.05, 0) is 42.6 Å². The number of fused-ring (bicyclic) bond motifs is 1. The first-order valence-electron chi connectivity index (χ1n) is 8.80. The van der Waals surface area contributed by atoms with Crippen molar-refractivity contribution in [2.24, 2.45) is 17.3 Å². The van der Waals surface area contributed by atoms with Crippen molar-refractivity contribution in [2.45, 2.75) is 90.4 Å². The molecular weight excluding hydrogens is 260 g/mol. The Kier molecular flexibility index (Phi) is 4.83. The van der Waals surface area contributed by atoms with Crippen LogP contribution in [0.3, 0.4) is 0 Å². The Morgan fingerprint density at radius 1 is 1.15 bits per heavy atom. The topological polar surface area (TPSA) is 17.1 Å². The van der Waals surface area contributed by atoms with E-state index in [9.17, 15) is 4.79 Å². The lowest BCUT2D eigenvalue weighted by Crippen LogP contribution is -2.40. The highest BCUT2D eigenvalue weighted by Gasteiger charge is 2.50. The van der Waals surface area contributed by atoms with Crippen LogP contribution in [0, 0.1) is 17.3 Å². The molecular formula is C18H34OSi.